The van der Waals surface area contributed by atoms with E-state index in [1.54, 1.807) is 6.08 Å². The zero-order chi connectivity index (χ0) is 21.6. The Kier molecular flexibility index (Phi) is 6.96. The molecule has 30 heavy (non-hydrogen) atoms. The van der Waals surface area contributed by atoms with Crippen LogP contribution >= 0.6 is 0 Å². The first-order valence-electron chi connectivity index (χ1n) is 9.87. The number of amides is 1. The number of carbonyl (C=O) groups is 1. The Bertz CT molecular complexity index is 988. The summed E-state index contributed by atoms with van der Waals surface area (Å²) in [5.74, 6) is 6.06. The second kappa shape index (κ2) is 9.64. The number of carbonyl (C=O) groups excluding carboxylic acids is 1. The van der Waals surface area contributed by atoms with Gasteiger partial charge >= 0.3 is 6.18 Å². The number of hydrogen-bond donors (Lipinski definition) is 2. The summed E-state index contributed by atoms with van der Waals surface area (Å²) < 4.78 is 38.6. The van der Waals surface area contributed by atoms with Crippen LogP contribution in [-0.2, 0) is 6.18 Å². The minimum atomic E-state index is -4.48. The van der Waals surface area contributed by atoms with Crippen molar-refractivity contribution in [2.45, 2.75) is 38.8 Å². The molecule has 3 nitrogen and oxygen atoms in total. The average Bonchev–Trinajstić information content (AvgIpc) is 2.72. The number of nitrogens with two attached hydrogens (primary N) is 1. The molecule has 6 heteroatoms. The molecule has 0 bridgehead atoms. The van der Waals surface area contributed by atoms with Crippen LogP contribution < -0.4 is 10.6 Å². The highest BCUT2D eigenvalue weighted by atomic mass is 19.4. The molecule has 3 N–H and O–H groups in total. The van der Waals surface area contributed by atoms with Gasteiger partial charge in [-0.15, -0.1) is 0 Å². The molecule has 0 spiro atoms. The molecule has 1 amide bonds. The van der Waals surface area contributed by atoms with Crippen LogP contribution in [0.4, 0.5) is 13.2 Å². The highest BCUT2D eigenvalue weighted by molar-refractivity contribution is 5.95. The molecule has 1 aliphatic carbocycles. The summed E-state index contributed by atoms with van der Waals surface area (Å²) in [6.07, 6.45) is 8.59. The maximum Gasteiger partial charge on any atom is 0.416 e. The van der Waals surface area contributed by atoms with Crippen LogP contribution in [0.5, 0.6) is 0 Å². The first kappa shape index (κ1) is 21.7. The predicted octanol–water partition coefficient (Wildman–Crippen LogP) is 4.43. The number of halogens is 3. The van der Waals surface area contributed by atoms with Crippen molar-refractivity contribution in [3.8, 4) is 11.8 Å². The van der Waals surface area contributed by atoms with Crippen LogP contribution in [0.1, 0.15) is 48.5 Å². The summed E-state index contributed by atoms with van der Waals surface area (Å²) >= 11 is 0. The lowest BCUT2D eigenvalue weighted by Gasteiger charge is -2.18. The van der Waals surface area contributed by atoms with Gasteiger partial charge in [-0.3, -0.25) is 10.1 Å². The van der Waals surface area contributed by atoms with E-state index < -0.39 is 17.6 Å². The summed E-state index contributed by atoms with van der Waals surface area (Å²) in [5, 5.41) is 4.76. The second-order valence-electron chi connectivity index (χ2n) is 7.46. The summed E-state index contributed by atoms with van der Waals surface area (Å²) in [7, 11) is 0. The number of allylic oxidation sites excluding steroid dienone is 7. The van der Waals surface area contributed by atoms with E-state index >= 15 is 0 Å². The Labute approximate surface area is 174 Å². The van der Waals surface area contributed by atoms with Crippen molar-refractivity contribution >= 4 is 5.91 Å². The van der Waals surface area contributed by atoms with Gasteiger partial charge in [-0.05, 0) is 73.9 Å². The molecule has 0 radical (unpaired) electrons. The molecule has 156 valence electrons. The Balaban J connectivity index is 1.50. The van der Waals surface area contributed by atoms with E-state index in [1.165, 1.54) is 17.7 Å². The molecule has 1 unspecified atom stereocenters. The van der Waals surface area contributed by atoms with Gasteiger partial charge in [0.05, 0.1) is 11.8 Å². The normalized spacial score (nSPS) is 18.5. The van der Waals surface area contributed by atoms with Crippen LogP contribution in [0.15, 0.2) is 71.7 Å². The van der Waals surface area contributed by atoms with Gasteiger partial charge in [0, 0.05) is 17.7 Å². The Morgan fingerprint density at radius 1 is 1.33 bits per heavy atom. The van der Waals surface area contributed by atoms with Gasteiger partial charge in [0.25, 0.3) is 5.91 Å². The minimum absolute atomic E-state index is 0.0102. The summed E-state index contributed by atoms with van der Waals surface area (Å²) in [5.41, 5.74) is 2.21. The smallest absolute Gasteiger partial charge is 0.326 e. The van der Waals surface area contributed by atoms with Crippen LogP contribution in [0, 0.1) is 17.8 Å². The predicted molar refractivity (Wildman–Crippen MR) is 110 cm³/mol. The van der Waals surface area contributed by atoms with Gasteiger partial charge in [-0.2, -0.15) is 13.2 Å². The van der Waals surface area contributed by atoms with Gasteiger partial charge in [-0.1, -0.05) is 24.1 Å². The van der Waals surface area contributed by atoms with E-state index in [4.69, 9.17) is 0 Å². The van der Waals surface area contributed by atoms with E-state index in [9.17, 15) is 18.0 Å². The van der Waals surface area contributed by atoms with Gasteiger partial charge in [-0.25, -0.2) is 0 Å². The lowest BCUT2D eigenvalue weighted by atomic mass is 9.93. The molecular formula is C24H24F3N2O+. The summed E-state index contributed by atoms with van der Waals surface area (Å²) in [6, 6.07) is 4.44. The third kappa shape index (κ3) is 6.23. The van der Waals surface area contributed by atoms with Crippen molar-refractivity contribution in [1.29, 1.82) is 0 Å². The van der Waals surface area contributed by atoms with Gasteiger partial charge in [0.1, 0.15) is 0 Å². The lowest BCUT2D eigenvalue weighted by molar-refractivity contribution is -0.530. The Hall–Kier alpha value is -3.04. The second-order valence-corrected chi connectivity index (χ2v) is 7.46. The highest BCUT2D eigenvalue weighted by Gasteiger charge is 2.31. The minimum Gasteiger partial charge on any atom is -0.326 e. The van der Waals surface area contributed by atoms with Crippen LogP contribution in [0.2, 0.25) is 0 Å². The highest BCUT2D eigenvalue weighted by Crippen LogP contribution is 2.29. The molecule has 3 rings (SSSR count). The molecule has 0 aromatic heterocycles. The van der Waals surface area contributed by atoms with Crippen LogP contribution in [0.25, 0.3) is 0 Å². The van der Waals surface area contributed by atoms with Crippen molar-refractivity contribution in [3.05, 3.63) is 82.9 Å². The largest absolute Gasteiger partial charge is 0.416 e. The number of benzene rings is 1. The monoisotopic (exact) mass is 413 g/mol. The first-order valence-corrected chi connectivity index (χ1v) is 9.87. The van der Waals surface area contributed by atoms with E-state index in [0.29, 0.717) is 12.1 Å². The van der Waals surface area contributed by atoms with E-state index in [-0.39, 0.29) is 11.5 Å². The van der Waals surface area contributed by atoms with Crippen molar-refractivity contribution in [1.82, 2.24) is 5.32 Å². The lowest BCUT2D eigenvalue weighted by Crippen LogP contribution is -2.76. The quantitative estimate of drug-likeness (QED) is 0.705. The van der Waals surface area contributed by atoms with Crippen molar-refractivity contribution in [2.75, 3.05) is 0 Å². The SMILES string of the molecule is CC1=C[NH2+]C(C#CCCC2C=CC=C(NC(=O)c3cccc(C(F)(F)F)c3)C2)=CC1. The topological polar surface area (TPSA) is 45.7 Å². The van der Waals surface area contributed by atoms with Gasteiger partial charge < -0.3 is 5.32 Å². The van der Waals surface area contributed by atoms with Crippen LogP contribution in [-0.4, -0.2) is 5.91 Å². The number of hydrogen-bond acceptors (Lipinski definition) is 1. The number of nitrogens with one attached hydrogen (secondary N) is 1. The summed E-state index contributed by atoms with van der Waals surface area (Å²) in [6.45, 7) is 2.09. The molecule has 1 heterocycles. The molecule has 1 atom stereocenters. The standard InChI is InChI=1S/C24H23F3N2O/c1-17-12-13-21(28-16-17)10-3-2-6-18-7-4-11-22(14-18)29-23(30)19-8-5-9-20(15-19)24(25,26)27/h4-5,7-9,11,13,15-16,18,28H,2,6,12,14H2,1H3,(H,29,30)/p+1. The van der Waals surface area contributed by atoms with Crippen molar-refractivity contribution in [3.63, 3.8) is 0 Å². The van der Waals surface area contributed by atoms with E-state index in [0.717, 1.165) is 37.1 Å². The Morgan fingerprint density at radius 2 is 2.17 bits per heavy atom. The molecule has 0 saturated heterocycles. The molecule has 0 fully saturated rings. The summed E-state index contributed by atoms with van der Waals surface area (Å²) in [4.78, 5) is 12.4. The zero-order valence-corrected chi connectivity index (χ0v) is 16.7. The molecule has 1 aromatic carbocycles. The fourth-order valence-electron chi connectivity index (χ4n) is 3.25. The average molecular weight is 413 g/mol. The van der Waals surface area contributed by atoms with Crippen molar-refractivity contribution in [2.24, 2.45) is 5.92 Å². The molecule has 2 aliphatic rings. The fraction of sp³-hybridized carbons (Fsp3) is 0.292. The maximum absolute atomic E-state index is 12.9. The zero-order valence-electron chi connectivity index (χ0n) is 16.7. The first-order chi connectivity index (χ1) is 14.3. The molecule has 1 aliphatic heterocycles. The number of rotatable bonds is 4. The van der Waals surface area contributed by atoms with E-state index in [1.807, 2.05) is 11.4 Å². The van der Waals surface area contributed by atoms with E-state index in [2.05, 4.69) is 42.4 Å². The van der Waals surface area contributed by atoms with Crippen molar-refractivity contribution < 1.29 is 23.3 Å². The number of alkyl halides is 3. The third-order valence-electron chi connectivity index (χ3n) is 4.95. The third-order valence-corrected chi connectivity index (χ3v) is 4.95. The molecule has 0 saturated carbocycles. The fourth-order valence-corrected chi connectivity index (χ4v) is 3.25. The maximum atomic E-state index is 12.9. The van der Waals surface area contributed by atoms with Gasteiger partial charge in [0.15, 0.2) is 5.70 Å². The van der Waals surface area contributed by atoms with Gasteiger partial charge in [0.2, 0.25) is 0 Å². The molecular weight excluding hydrogens is 389 g/mol. The van der Waals surface area contributed by atoms with Crippen LogP contribution in [0.3, 0.4) is 0 Å². The Morgan fingerprint density at radius 3 is 2.90 bits per heavy atom. The molecule has 1 aromatic rings. The number of quaternary nitrogens is 1.